The Bertz CT molecular complexity index is 2360. The minimum atomic E-state index is 0.484. The molecule has 0 saturated heterocycles. The van der Waals surface area contributed by atoms with Crippen molar-refractivity contribution in [2.45, 2.75) is 46.5 Å². The molecular weight excluding hydrogens is 605 g/mol. The lowest BCUT2D eigenvalue weighted by atomic mass is 9.84. The molecule has 0 N–H and O–H groups in total. The van der Waals surface area contributed by atoms with Crippen molar-refractivity contribution >= 4 is 27.8 Å². The van der Waals surface area contributed by atoms with Crippen molar-refractivity contribution < 1.29 is 0 Å². The third-order valence-corrected chi connectivity index (χ3v) is 10.3. The average molecular weight is 645 g/mol. The second-order valence-electron chi connectivity index (χ2n) is 14.2. The zero-order valence-corrected chi connectivity index (χ0v) is 29.2. The zero-order valence-electron chi connectivity index (χ0n) is 29.2. The summed E-state index contributed by atoms with van der Waals surface area (Å²) in [5.74, 6) is 0.484. The molecule has 1 aliphatic rings. The number of aryl methyl sites for hydroxylation is 2. The first-order chi connectivity index (χ1) is 24.3. The highest BCUT2D eigenvalue weighted by Gasteiger charge is 2.20. The maximum absolute atomic E-state index is 9.91. The monoisotopic (exact) mass is 644 g/mol. The van der Waals surface area contributed by atoms with Crippen molar-refractivity contribution in [3.05, 3.63) is 184 Å². The highest BCUT2D eigenvalue weighted by molar-refractivity contribution is 5.90. The van der Waals surface area contributed by atoms with Crippen LogP contribution in [-0.2, 0) is 12.8 Å². The van der Waals surface area contributed by atoms with Crippen molar-refractivity contribution in [3.63, 3.8) is 0 Å². The molecule has 7 aromatic carbocycles. The molecule has 0 atom stereocenters. The Morgan fingerprint density at radius 3 is 1.64 bits per heavy atom. The number of hydrogen-bond donors (Lipinski definition) is 0. The van der Waals surface area contributed by atoms with Gasteiger partial charge in [-0.15, -0.1) is 0 Å². The summed E-state index contributed by atoms with van der Waals surface area (Å²) in [5, 5.41) is 12.4. The fourth-order valence-corrected chi connectivity index (χ4v) is 7.32. The van der Waals surface area contributed by atoms with Gasteiger partial charge in [-0.3, -0.25) is 0 Å². The van der Waals surface area contributed by atoms with E-state index in [-0.39, 0.29) is 0 Å². The predicted molar refractivity (Wildman–Crippen MR) is 210 cm³/mol. The SMILES string of the molecule is Cc1ccc(N(c2ccc(C)cc2)c2ccc3c(c2)Cc2cc4ccc(-c5cc(C#N)cc(-c6ccc(C(C)C)cc6)c5)cc4cc2C3)cc1. The first-order valence-corrected chi connectivity index (χ1v) is 17.6. The molecule has 0 bridgehead atoms. The summed E-state index contributed by atoms with van der Waals surface area (Å²) in [5.41, 5.74) is 18.0. The van der Waals surface area contributed by atoms with E-state index >= 15 is 0 Å². The van der Waals surface area contributed by atoms with Crippen molar-refractivity contribution in [2.24, 2.45) is 0 Å². The van der Waals surface area contributed by atoms with Gasteiger partial charge in [-0.1, -0.05) is 104 Å². The maximum atomic E-state index is 9.91. The van der Waals surface area contributed by atoms with Crippen LogP contribution in [0, 0.1) is 25.2 Å². The van der Waals surface area contributed by atoms with Crippen molar-refractivity contribution in [3.8, 4) is 28.3 Å². The lowest BCUT2D eigenvalue weighted by molar-refractivity contribution is 0.867. The molecule has 0 spiro atoms. The summed E-state index contributed by atoms with van der Waals surface area (Å²) >= 11 is 0. The number of benzene rings is 7. The molecule has 0 radical (unpaired) electrons. The number of anilines is 3. The molecule has 2 heteroatoms. The first-order valence-electron chi connectivity index (χ1n) is 17.6. The molecule has 0 aromatic heterocycles. The van der Waals surface area contributed by atoms with E-state index in [1.54, 1.807) is 0 Å². The molecule has 8 rings (SSSR count). The number of nitriles is 1. The summed E-state index contributed by atoms with van der Waals surface area (Å²) in [4.78, 5) is 2.37. The Kier molecular flexibility index (Phi) is 8.06. The van der Waals surface area contributed by atoms with E-state index in [4.69, 9.17) is 0 Å². The van der Waals surface area contributed by atoms with Crippen LogP contribution in [-0.4, -0.2) is 0 Å². The van der Waals surface area contributed by atoms with Gasteiger partial charge in [0, 0.05) is 17.1 Å². The Morgan fingerprint density at radius 2 is 1.02 bits per heavy atom. The molecule has 0 aliphatic heterocycles. The smallest absolute Gasteiger partial charge is 0.0992 e. The summed E-state index contributed by atoms with van der Waals surface area (Å²) < 4.78 is 0. The van der Waals surface area contributed by atoms with E-state index in [1.807, 2.05) is 12.1 Å². The second kappa shape index (κ2) is 12.8. The van der Waals surface area contributed by atoms with Gasteiger partial charge in [0.2, 0.25) is 0 Å². The normalized spacial score (nSPS) is 12.0. The quantitative estimate of drug-likeness (QED) is 0.180. The van der Waals surface area contributed by atoms with Crippen LogP contribution in [0.5, 0.6) is 0 Å². The highest BCUT2D eigenvalue weighted by atomic mass is 15.1. The Morgan fingerprint density at radius 1 is 0.480 bits per heavy atom. The fraction of sp³-hybridized carbons (Fsp3) is 0.146. The van der Waals surface area contributed by atoms with Gasteiger partial charge in [-0.05, 0) is 154 Å². The Hall–Kier alpha value is -5.91. The van der Waals surface area contributed by atoms with Gasteiger partial charge >= 0.3 is 0 Å². The van der Waals surface area contributed by atoms with E-state index in [1.165, 1.54) is 55.4 Å². The number of nitrogens with zero attached hydrogens (tertiary/aromatic N) is 2. The maximum Gasteiger partial charge on any atom is 0.0992 e. The number of fused-ring (bicyclic) bond motifs is 3. The topological polar surface area (TPSA) is 27.0 Å². The van der Waals surface area contributed by atoms with Crippen LogP contribution in [0.15, 0.2) is 140 Å². The van der Waals surface area contributed by atoms with Gasteiger partial charge in [0.25, 0.3) is 0 Å². The molecule has 0 amide bonds. The first kappa shape index (κ1) is 31.4. The van der Waals surface area contributed by atoms with Gasteiger partial charge in [-0.2, -0.15) is 5.26 Å². The van der Waals surface area contributed by atoms with Gasteiger partial charge < -0.3 is 4.90 Å². The molecule has 0 fully saturated rings. The number of rotatable bonds is 6. The van der Waals surface area contributed by atoms with Crippen LogP contribution in [0.25, 0.3) is 33.0 Å². The number of hydrogen-bond acceptors (Lipinski definition) is 2. The standard InChI is InChI=1S/C48H40N2/c1-31(2)35-9-11-36(12-10-35)40-21-34(30-49)22-41(26-40)37-13-14-38-24-44-28-45-29-48(20-15-39(45)25-43(44)27-42(38)23-37)50(46-16-5-32(3)6-17-46)47-18-7-33(4)8-19-47/h5-24,26-27,29,31H,25,28H2,1-4H3. The Balaban J connectivity index is 1.12. The van der Waals surface area contributed by atoms with Crippen LogP contribution in [0.4, 0.5) is 17.1 Å². The van der Waals surface area contributed by atoms with Gasteiger partial charge in [0.05, 0.1) is 11.6 Å². The summed E-state index contributed by atoms with van der Waals surface area (Å²) in [6.45, 7) is 8.69. The summed E-state index contributed by atoms with van der Waals surface area (Å²) in [6.07, 6.45) is 1.83. The molecule has 7 aromatic rings. The lowest BCUT2D eigenvalue weighted by Gasteiger charge is -2.28. The van der Waals surface area contributed by atoms with E-state index in [9.17, 15) is 5.26 Å². The van der Waals surface area contributed by atoms with Crippen molar-refractivity contribution in [2.75, 3.05) is 4.90 Å². The van der Waals surface area contributed by atoms with Gasteiger partial charge in [0.15, 0.2) is 0 Å². The van der Waals surface area contributed by atoms with E-state index in [0.29, 0.717) is 11.5 Å². The van der Waals surface area contributed by atoms with Gasteiger partial charge in [0.1, 0.15) is 0 Å². The van der Waals surface area contributed by atoms with Crippen LogP contribution >= 0.6 is 0 Å². The van der Waals surface area contributed by atoms with E-state index in [2.05, 4.69) is 166 Å². The average Bonchev–Trinajstić information content (AvgIpc) is 3.14. The molecule has 0 saturated carbocycles. The largest absolute Gasteiger partial charge is 0.310 e. The predicted octanol–water partition coefficient (Wildman–Crippen LogP) is 12.8. The third-order valence-electron chi connectivity index (χ3n) is 10.3. The van der Waals surface area contributed by atoms with Crippen LogP contribution in [0.1, 0.15) is 64.3 Å². The molecular formula is C48H40N2. The Labute approximate surface area is 295 Å². The van der Waals surface area contributed by atoms with Crippen molar-refractivity contribution in [1.29, 1.82) is 5.26 Å². The van der Waals surface area contributed by atoms with Crippen LogP contribution in [0.2, 0.25) is 0 Å². The third kappa shape index (κ3) is 6.08. The van der Waals surface area contributed by atoms with E-state index < -0.39 is 0 Å². The molecule has 0 heterocycles. The highest BCUT2D eigenvalue weighted by Crippen LogP contribution is 2.39. The van der Waals surface area contributed by atoms with Crippen LogP contribution < -0.4 is 4.90 Å². The van der Waals surface area contributed by atoms with Gasteiger partial charge in [-0.25, -0.2) is 0 Å². The summed E-state index contributed by atoms with van der Waals surface area (Å²) in [7, 11) is 0. The minimum absolute atomic E-state index is 0.484. The molecule has 0 unspecified atom stereocenters. The molecule has 50 heavy (non-hydrogen) atoms. The minimum Gasteiger partial charge on any atom is -0.310 e. The van der Waals surface area contributed by atoms with Crippen molar-refractivity contribution in [1.82, 2.24) is 0 Å². The van der Waals surface area contributed by atoms with E-state index in [0.717, 1.165) is 46.5 Å². The molecule has 2 nitrogen and oxygen atoms in total. The molecule has 1 aliphatic carbocycles. The fourth-order valence-electron chi connectivity index (χ4n) is 7.32. The zero-order chi connectivity index (χ0) is 34.4. The summed E-state index contributed by atoms with van der Waals surface area (Å²) in [6, 6.07) is 53.4. The lowest BCUT2D eigenvalue weighted by Crippen LogP contribution is -2.13. The molecule has 242 valence electrons. The second-order valence-corrected chi connectivity index (χ2v) is 14.2. The van der Waals surface area contributed by atoms with Crippen LogP contribution in [0.3, 0.4) is 0 Å².